The number of unbranched alkanes of at least 4 members (excludes halogenated alkanes) is 3. The summed E-state index contributed by atoms with van der Waals surface area (Å²) in [5, 5.41) is 4.31. The molecular weight excluding hydrogens is 206 g/mol. The third kappa shape index (κ3) is 5.11. The quantitative estimate of drug-likeness (QED) is 0.691. The van der Waals surface area contributed by atoms with Crippen LogP contribution in [0.1, 0.15) is 51.8 Å². The Morgan fingerprint density at radius 3 is 2.73 bits per heavy atom. The molecule has 0 aliphatic heterocycles. The molecule has 0 bridgehead atoms. The molecule has 0 unspecified atom stereocenters. The van der Waals surface area contributed by atoms with Crippen molar-refractivity contribution in [1.29, 1.82) is 0 Å². The topological polar surface area (TPSA) is 37.8 Å². The van der Waals surface area contributed by atoms with Crippen LogP contribution < -0.4 is 5.32 Å². The summed E-state index contributed by atoms with van der Waals surface area (Å²) >= 11 is 1.48. The number of nitrogens with zero attached hydrogens (tertiary/aromatic N) is 2. The molecule has 0 amide bonds. The minimum absolute atomic E-state index is 0.981. The Morgan fingerprint density at radius 2 is 2.00 bits per heavy atom. The molecule has 1 aromatic rings. The predicted molar refractivity (Wildman–Crippen MR) is 66.5 cm³/mol. The summed E-state index contributed by atoms with van der Waals surface area (Å²) in [6.07, 6.45) is 7.28. The lowest BCUT2D eigenvalue weighted by Gasteiger charge is -2.00. The first-order chi connectivity index (χ1) is 7.36. The average molecular weight is 227 g/mol. The summed E-state index contributed by atoms with van der Waals surface area (Å²) in [7, 11) is 0. The first kappa shape index (κ1) is 12.4. The molecule has 1 aromatic heterocycles. The van der Waals surface area contributed by atoms with Crippen molar-refractivity contribution in [2.45, 2.75) is 52.4 Å². The summed E-state index contributed by atoms with van der Waals surface area (Å²) < 4.78 is 4.29. The Hall–Kier alpha value is -0.640. The summed E-state index contributed by atoms with van der Waals surface area (Å²) in [5.41, 5.74) is 0. The molecule has 3 nitrogen and oxygen atoms in total. The standard InChI is InChI=1S/C11H21N3S/c1-3-5-6-7-9-12-11-13-10(8-4-2)14-15-11/h3-9H2,1-2H3,(H,12,13,14). The van der Waals surface area contributed by atoms with E-state index in [9.17, 15) is 0 Å². The van der Waals surface area contributed by atoms with E-state index in [0.29, 0.717) is 0 Å². The zero-order valence-corrected chi connectivity index (χ0v) is 10.6. The van der Waals surface area contributed by atoms with Crippen LogP contribution in [-0.4, -0.2) is 15.9 Å². The van der Waals surface area contributed by atoms with Crippen LogP contribution in [0.4, 0.5) is 5.13 Å². The van der Waals surface area contributed by atoms with Gasteiger partial charge in [0.15, 0.2) is 0 Å². The van der Waals surface area contributed by atoms with Crippen molar-refractivity contribution in [3.63, 3.8) is 0 Å². The van der Waals surface area contributed by atoms with Crippen LogP contribution in [-0.2, 0) is 6.42 Å². The van der Waals surface area contributed by atoms with Crippen molar-refractivity contribution < 1.29 is 0 Å². The van der Waals surface area contributed by atoms with Crippen LogP contribution in [0.15, 0.2) is 0 Å². The lowest BCUT2D eigenvalue weighted by molar-refractivity contribution is 0.684. The van der Waals surface area contributed by atoms with E-state index >= 15 is 0 Å². The highest BCUT2D eigenvalue weighted by molar-refractivity contribution is 7.09. The maximum absolute atomic E-state index is 4.41. The van der Waals surface area contributed by atoms with Gasteiger partial charge in [-0.3, -0.25) is 0 Å². The van der Waals surface area contributed by atoms with Crippen LogP contribution >= 0.6 is 11.5 Å². The van der Waals surface area contributed by atoms with Crippen molar-refractivity contribution in [3.8, 4) is 0 Å². The van der Waals surface area contributed by atoms with Crippen molar-refractivity contribution in [3.05, 3.63) is 5.82 Å². The zero-order valence-electron chi connectivity index (χ0n) is 9.75. The van der Waals surface area contributed by atoms with Crippen molar-refractivity contribution in [2.75, 3.05) is 11.9 Å². The first-order valence-electron chi connectivity index (χ1n) is 5.93. The number of aryl methyl sites for hydroxylation is 1. The monoisotopic (exact) mass is 227 g/mol. The summed E-state index contributed by atoms with van der Waals surface area (Å²) in [6, 6.07) is 0. The van der Waals surface area contributed by atoms with Gasteiger partial charge in [-0.1, -0.05) is 33.1 Å². The number of rotatable bonds is 8. The number of hydrogen-bond donors (Lipinski definition) is 1. The van der Waals surface area contributed by atoms with E-state index in [2.05, 4.69) is 28.5 Å². The largest absolute Gasteiger partial charge is 0.360 e. The van der Waals surface area contributed by atoms with Gasteiger partial charge in [0.1, 0.15) is 5.82 Å². The molecule has 0 radical (unpaired) electrons. The van der Waals surface area contributed by atoms with Crippen LogP contribution in [0.2, 0.25) is 0 Å². The summed E-state index contributed by atoms with van der Waals surface area (Å²) in [6.45, 7) is 5.41. The molecule has 0 fully saturated rings. The Labute approximate surface area is 96.5 Å². The number of hydrogen-bond acceptors (Lipinski definition) is 4. The highest BCUT2D eigenvalue weighted by Crippen LogP contribution is 2.12. The molecule has 1 N–H and O–H groups in total. The Bertz CT molecular complexity index is 260. The van der Waals surface area contributed by atoms with E-state index in [1.807, 2.05) is 0 Å². The molecular formula is C11H21N3S. The second-order valence-corrected chi connectivity index (χ2v) is 4.51. The van der Waals surface area contributed by atoms with Crippen LogP contribution in [0.5, 0.6) is 0 Å². The van der Waals surface area contributed by atoms with Crippen molar-refractivity contribution in [1.82, 2.24) is 9.36 Å². The SMILES string of the molecule is CCCCCCNc1nc(CCC)ns1. The number of nitrogens with one attached hydrogen (secondary N) is 1. The van der Waals surface area contributed by atoms with E-state index < -0.39 is 0 Å². The second kappa shape index (κ2) is 7.63. The molecule has 15 heavy (non-hydrogen) atoms. The highest BCUT2D eigenvalue weighted by Gasteiger charge is 2.01. The van der Waals surface area contributed by atoms with Gasteiger partial charge in [-0.05, 0) is 12.8 Å². The van der Waals surface area contributed by atoms with Gasteiger partial charge in [0.05, 0.1) is 0 Å². The third-order valence-corrected chi connectivity index (χ3v) is 2.96. The van der Waals surface area contributed by atoms with Crippen molar-refractivity contribution >= 4 is 16.7 Å². The van der Waals surface area contributed by atoms with Gasteiger partial charge in [0, 0.05) is 24.5 Å². The fourth-order valence-electron chi connectivity index (χ4n) is 1.40. The summed E-state index contributed by atoms with van der Waals surface area (Å²) in [4.78, 5) is 4.41. The normalized spacial score (nSPS) is 10.5. The minimum atomic E-state index is 0.981. The van der Waals surface area contributed by atoms with Crippen LogP contribution in [0.3, 0.4) is 0 Å². The van der Waals surface area contributed by atoms with Gasteiger partial charge in [-0.25, -0.2) is 4.98 Å². The van der Waals surface area contributed by atoms with Gasteiger partial charge < -0.3 is 5.32 Å². The molecule has 1 heterocycles. The highest BCUT2D eigenvalue weighted by atomic mass is 32.1. The summed E-state index contributed by atoms with van der Waals surface area (Å²) in [5.74, 6) is 0.985. The molecule has 0 saturated heterocycles. The van der Waals surface area contributed by atoms with Gasteiger partial charge in [-0.2, -0.15) is 4.37 Å². The van der Waals surface area contributed by atoms with Gasteiger partial charge in [0.2, 0.25) is 5.13 Å². The van der Waals surface area contributed by atoms with E-state index in [1.165, 1.54) is 37.2 Å². The predicted octanol–water partition coefficient (Wildman–Crippen LogP) is 3.48. The van der Waals surface area contributed by atoms with Crippen LogP contribution in [0.25, 0.3) is 0 Å². The van der Waals surface area contributed by atoms with E-state index in [0.717, 1.165) is 30.3 Å². The molecule has 86 valence electrons. The fourth-order valence-corrected chi connectivity index (χ4v) is 2.03. The molecule has 0 spiro atoms. The molecule has 4 heteroatoms. The van der Waals surface area contributed by atoms with Gasteiger partial charge in [-0.15, -0.1) is 0 Å². The smallest absolute Gasteiger partial charge is 0.202 e. The first-order valence-corrected chi connectivity index (χ1v) is 6.70. The van der Waals surface area contributed by atoms with Crippen LogP contribution in [0, 0.1) is 0 Å². The lowest BCUT2D eigenvalue weighted by Crippen LogP contribution is -2.01. The van der Waals surface area contributed by atoms with Gasteiger partial charge in [0.25, 0.3) is 0 Å². The molecule has 0 aliphatic rings. The molecule has 0 aromatic carbocycles. The van der Waals surface area contributed by atoms with E-state index in [-0.39, 0.29) is 0 Å². The fraction of sp³-hybridized carbons (Fsp3) is 0.818. The average Bonchev–Trinajstić information content (AvgIpc) is 2.66. The Kier molecular flexibility index (Phi) is 6.32. The van der Waals surface area contributed by atoms with Gasteiger partial charge >= 0.3 is 0 Å². The molecule has 0 aliphatic carbocycles. The number of anilines is 1. The zero-order chi connectivity index (χ0) is 10.9. The molecule has 1 rings (SSSR count). The molecule has 0 saturated carbocycles. The minimum Gasteiger partial charge on any atom is -0.360 e. The third-order valence-electron chi connectivity index (χ3n) is 2.25. The molecule has 0 atom stereocenters. The Morgan fingerprint density at radius 1 is 1.13 bits per heavy atom. The lowest BCUT2D eigenvalue weighted by atomic mass is 10.2. The Balaban J connectivity index is 2.14. The van der Waals surface area contributed by atoms with E-state index in [1.54, 1.807) is 0 Å². The van der Waals surface area contributed by atoms with Crippen molar-refractivity contribution in [2.24, 2.45) is 0 Å². The second-order valence-electron chi connectivity index (χ2n) is 3.75. The number of aromatic nitrogens is 2. The van der Waals surface area contributed by atoms with E-state index in [4.69, 9.17) is 0 Å². The maximum Gasteiger partial charge on any atom is 0.202 e. The maximum atomic E-state index is 4.41.